The Labute approximate surface area is 210 Å². The Bertz CT molecular complexity index is 895. The Kier molecular flexibility index (Phi) is 12.4. The molecule has 2 aromatic rings. The molecule has 0 atom stereocenters. The summed E-state index contributed by atoms with van der Waals surface area (Å²) in [5.41, 5.74) is 3.57. The molecule has 1 amide bonds. The van der Waals surface area contributed by atoms with Gasteiger partial charge in [0.05, 0.1) is 27.8 Å². The molecule has 33 heavy (non-hydrogen) atoms. The van der Waals surface area contributed by atoms with Gasteiger partial charge in [0.15, 0.2) is 11.5 Å². The van der Waals surface area contributed by atoms with Gasteiger partial charge in [0.25, 0.3) is 0 Å². The van der Waals surface area contributed by atoms with E-state index in [-0.39, 0.29) is 30.7 Å². The summed E-state index contributed by atoms with van der Waals surface area (Å²) in [5.74, 6) is 2.54. The van der Waals surface area contributed by atoms with Crippen molar-refractivity contribution in [3.05, 3.63) is 53.1 Å². The summed E-state index contributed by atoms with van der Waals surface area (Å²) in [5, 5.41) is 0. The van der Waals surface area contributed by atoms with Gasteiger partial charge in [-0.3, -0.25) is 4.79 Å². The van der Waals surface area contributed by atoms with Crippen LogP contribution in [0.25, 0.3) is 0 Å². The number of halogens is 2. The molecule has 0 N–H and O–H groups in total. The first kappa shape index (κ1) is 28.9. The molecule has 6 nitrogen and oxygen atoms in total. The fourth-order valence-electron chi connectivity index (χ4n) is 4.03. The van der Waals surface area contributed by atoms with Gasteiger partial charge in [-0.25, -0.2) is 0 Å². The molecule has 0 aromatic heterocycles. The molecule has 1 aliphatic heterocycles. The second-order valence-corrected chi connectivity index (χ2v) is 8.04. The van der Waals surface area contributed by atoms with Crippen molar-refractivity contribution in [1.82, 2.24) is 9.80 Å². The zero-order chi connectivity index (χ0) is 22.2. The fraction of sp³-hybridized carbons (Fsp3) is 0.480. The molecule has 1 heterocycles. The second-order valence-electron chi connectivity index (χ2n) is 8.04. The van der Waals surface area contributed by atoms with Gasteiger partial charge in [-0.05, 0) is 73.8 Å². The maximum atomic E-state index is 12.7. The molecular weight excluding hydrogens is 463 g/mol. The van der Waals surface area contributed by atoms with Gasteiger partial charge in [-0.2, -0.15) is 0 Å². The molecule has 0 aliphatic carbocycles. The first-order chi connectivity index (χ1) is 15.0. The number of hydrogen-bond acceptors (Lipinski definition) is 5. The first-order valence-electron chi connectivity index (χ1n) is 10.9. The molecule has 184 valence electrons. The van der Waals surface area contributed by atoms with E-state index in [0.717, 1.165) is 68.3 Å². The van der Waals surface area contributed by atoms with Crippen molar-refractivity contribution in [1.29, 1.82) is 0 Å². The van der Waals surface area contributed by atoms with E-state index in [0.29, 0.717) is 6.42 Å². The Morgan fingerprint density at radius 1 is 0.909 bits per heavy atom. The predicted octanol–water partition coefficient (Wildman–Crippen LogP) is 4.05. The minimum absolute atomic E-state index is 0. The van der Waals surface area contributed by atoms with Crippen LogP contribution >= 0.6 is 24.8 Å². The smallest absolute Gasteiger partial charge is 0.227 e. The number of rotatable bonds is 10. The van der Waals surface area contributed by atoms with Gasteiger partial charge in [0.2, 0.25) is 5.91 Å². The van der Waals surface area contributed by atoms with Crippen LogP contribution in [-0.4, -0.2) is 70.3 Å². The Balaban J connectivity index is 0.00000272. The summed E-state index contributed by atoms with van der Waals surface area (Å²) >= 11 is 0. The topological polar surface area (TPSA) is 51.2 Å². The van der Waals surface area contributed by atoms with Crippen LogP contribution in [0.1, 0.15) is 23.1 Å². The summed E-state index contributed by atoms with van der Waals surface area (Å²) in [6, 6.07) is 12.1. The van der Waals surface area contributed by atoms with Crippen molar-refractivity contribution < 1.29 is 19.0 Å². The molecule has 8 heteroatoms. The number of methoxy groups -OCH3 is 3. The third-order valence-corrected chi connectivity index (χ3v) is 5.96. The quantitative estimate of drug-likeness (QED) is 0.494. The Morgan fingerprint density at radius 3 is 2.36 bits per heavy atom. The maximum Gasteiger partial charge on any atom is 0.227 e. The highest BCUT2D eigenvalue weighted by Gasteiger charge is 2.20. The Hall–Kier alpha value is -2.15. The highest BCUT2D eigenvalue weighted by atomic mass is 35.5. The second kappa shape index (κ2) is 14.2. The van der Waals surface area contributed by atoms with E-state index in [9.17, 15) is 4.79 Å². The molecule has 0 bridgehead atoms. The molecule has 0 spiro atoms. The van der Waals surface area contributed by atoms with E-state index in [1.54, 1.807) is 21.3 Å². The van der Waals surface area contributed by atoms with Crippen LogP contribution in [-0.2, 0) is 24.1 Å². The van der Waals surface area contributed by atoms with Crippen molar-refractivity contribution in [2.24, 2.45) is 0 Å². The number of benzene rings is 2. The molecule has 0 radical (unpaired) electrons. The average molecular weight is 499 g/mol. The minimum Gasteiger partial charge on any atom is -0.497 e. The van der Waals surface area contributed by atoms with Gasteiger partial charge in [-0.15, -0.1) is 24.8 Å². The van der Waals surface area contributed by atoms with Crippen LogP contribution in [0.5, 0.6) is 17.2 Å². The molecule has 0 fully saturated rings. The summed E-state index contributed by atoms with van der Waals surface area (Å²) < 4.78 is 16.0. The van der Waals surface area contributed by atoms with Crippen LogP contribution in [0.4, 0.5) is 0 Å². The van der Waals surface area contributed by atoms with Crippen LogP contribution in [0.15, 0.2) is 36.4 Å². The number of fused-ring (bicyclic) bond motifs is 1. The van der Waals surface area contributed by atoms with Crippen molar-refractivity contribution in [3.63, 3.8) is 0 Å². The van der Waals surface area contributed by atoms with E-state index in [1.807, 2.05) is 29.2 Å². The Morgan fingerprint density at radius 2 is 1.67 bits per heavy atom. The van der Waals surface area contributed by atoms with Crippen LogP contribution in [0.2, 0.25) is 0 Å². The molecule has 0 saturated heterocycles. The highest BCUT2D eigenvalue weighted by Crippen LogP contribution is 2.27. The lowest BCUT2D eigenvalue weighted by atomic mass is 10.0. The maximum absolute atomic E-state index is 12.7. The number of ether oxygens (including phenoxy) is 3. The normalized spacial score (nSPS) is 12.9. The lowest BCUT2D eigenvalue weighted by Gasteiger charge is -2.23. The van der Waals surface area contributed by atoms with E-state index in [2.05, 4.69) is 24.1 Å². The van der Waals surface area contributed by atoms with Gasteiger partial charge >= 0.3 is 0 Å². The number of nitrogens with zero attached hydrogens (tertiary/aromatic N) is 2. The zero-order valence-corrected chi connectivity index (χ0v) is 21.6. The number of carbonyl (C=O) groups is 1. The predicted molar refractivity (Wildman–Crippen MR) is 137 cm³/mol. The fourth-order valence-corrected chi connectivity index (χ4v) is 4.03. The van der Waals surface area contributed by atoms with Gasteiger partial charge < -0.3 is 24.0 Å². The van der Waals surface area contributed by atoms with Gasteiger partial charge in [0, 0.05) is 19.6 Å². The lowest BCUT2D eigenvalue weighted by molar-refractivity contribution is -0.130. The molecule has 1 aliphatic rings. The molecule has 0 unspecified atom stereocenters. The molecule has 0 saturated carbocycles. The van der Waals surface area contributed by atoms with Gasteiger partial charge in [-0.1, -0.05) is 12.1 Å². The van der Waals surface area contributed by atoms with Crippen LogP contribution in [0.3, 0.4) is 0 Å². The van der Waals surface area contributed by atoms with Crippen LogP contribution in [0, 0.1) is 0 Å². The van der Waals surface area contributed by atoms with Crippen molar-refractivity contribution in [2.45, 2.75) is 25.7 Å². The minimum atomic E-state index is 0. The summed E-state index contributed by atoms with van der Waals surface area (Å²) in [4.78, 5) is 17.1. The monoisotopic (exact) mass is 498 g/mol. The molecule has 3 rings (SSSR count). The molecular formula is C25H36Cl2N2O4. The van der Waals surface area contributed by atoms with Crippen molar-refractivity contribution >= 4 is 30.7 Å². The van der Waals surface area contributed by atoms with Crippen LogP contribution < -0.4 is 14.2 Å². The summed E-state index contributed by atoms with van der Waals surface area (Å²) in [7, 11) is 7.10. The number of hydrogen-bond donors (Lipinski definition) is 0. The average Bonchev–Trinajstić information content (AvgIpc) is 2.95. The number of carbonyl (C=O) groups excluding carboxylic acids is 1. The third-order valence-electron chi connectivity index (χ3n) is 5.96. The van der Waals surface area contributed by atoms with E-state index < -0.39 is 0 Å². The van der Waals surface area contributed by atoms with Gasteiger partial charge in [0.1, 0.15) is 5.75 Å². The summed E-state index contributed by atoms with van der Waals surface area (Å²) in [6.45, 7) is 3.49. The lowest BCUT2D eigenvalue weighted by Crippen LogP contribution is -2.35. The zero-order valence-electron chi connectivity index (χ0n) is 20.0. The molecule has 2 aromatic carbocycles. The SMILES string of the molecule is COc1ccc2c(c1)CC(=O)N(CCCN(C)CCc1ccc(OC)c(OC)c1)CC2.Cl.Cl. The summed E-state index contributed by atoms with van der Waals surface area (Å²) in [6.07, 6.45) is 3.27. The third kappa shape index (κ3) is 7.98. The number of amides is 1. The first-order valence-corrected chi connectivity index (χ1v) is 10.9. The standard InChI is InChI=1S/C25H34N2O4.2ClH/c1-26(14-10-19-6-9-23(30-3)24(16-19)31-4)12-5-13-27-15-11-20-7-8-22(29-2)17-21(20)18-25(27)28;;/h6-9,16-17H,5,10-15,18H2,1-4H3;2*1H. The van der Waals surface area contributed by atoms with E-state index >= 15 is 0 Å². The van der Waals surface area contributed by atoms with Crippen molar-refractivity contribution in [3.8, 4) is 17.2 Å². The van der Waals surface area contributed by atoms with Crippen molar-refractivity contribution in [2.75, 3.05) is 54.6 Å². The number of likely N-dealkylation sites (N-methyl/N-ethyl adjacent to an activating group) is 1. The van der Waals surface area contributed by atoms with E-state index in [4.69, 9.17) is 14.2 Å². The highest BCUT2D eigenvalue weighted by molar-refractivity contribution is 5.85. The van der Waals surface area contributed by atoms with E-state index in [1.165, 1.54) is 11.1 Å². The largest absolute Gasteiger partial charge is 0.497 e.